The summed E-state index contributed by atoms with van der Waals surface area (Å²) in [6, 6.07) is 1.55. The highest BCUT2D eigenvalue weighted by molar-refractivity contribution is 7.86. The van der Waals surface area contributed by atoms with Crippen LogP contribution in [-0.2, 0) is 90.2 Å². The number of hydrogen-bond acceptors (Lipinski definition) is 17. The molecule has 0 aromatic heterocycles. The average molecular weight is 1390 g/mol. The first-order valence-corrected chi connectivity index (χ1v) is 37.5. The van der Waals surface area contributed by atoms with Crippen LogP contribution in [0.4, 0.5) is 5.69 Å². The Morgan fingerprint density at radius 1 is 0.587 bits per heavy atom. The molecule has 5 amide bonds. The van der Waals surface area contributed by atoms with Crippen molar-refractivity contribution in [1.82, 2.24) is 26.6 Å². The summed E-state index contributed by atoms with van der Waals surface area (Å²) in [5.74, 6) is -11.2. The van der Waals surface area contributed by atoms with Gasteiger partial charge >= 0.3 is 5.97 Å². The van der Waals surface area contributed by atoms with E-state index in [4.69, 9.17) is 0 Å². The van der Waals surface area contributed by atoms with E-state index in [9.17, 15) is 98.7 Å². The maximum Gasteiger partial charge on any atom is 0.303 e. The van der Waals surface area contributed by atoms with Gasteiger partial charge in [0.1, 0.15) is 35.4 Å². The van der Waals surface area contributed by atoms with Crippen molar-refractivity contribution in [3.05, 3.63) is 101 Å². The third kappa shape index (κ3) is 27.6. The van der Waals surface area contributed by atoms with Crippen LogP contribution < -0.4 is 31.5 Å². The summed E-state index contributed by atoms with van der Waals surface area (Å²) >= 11 is 0. The first-order valence-electron chi connectivity index (χ1n) is 29.8. The van der Waals surface area contributed by atoms with E-state index in [-0.39, 0.29) is 43.0 Å². The molecule has 0 saturated carbocycles. The predicted octanol–water partition coefficient (Wildman–Crippen LogP) is 5.18. The van der Waals surface area contributed by atoms with Crippen LogP contribution in [0.2, 0.25) is 0 Å². The first kappa shape index (κ1) is 79.8. The number of hydrogen-bond donors (Lipinski definition) is 11. The Balaban J connectivity index is 1.84. The molecule has 4 atom stereocenters. The van der Waals surface area contributed by atoms with Gasteiger partial charge in [0.15, 0.2) is 0 Å². The van der Waals surface area contributed by atoms with Gasteiger partial charge in [-0.2, -0.15) is 42.1 Å². The summed E-state index contributed by atoms with van der Waals surface area (Å²) in [5.41, 5.74) is 1.80. The normalized spacial score (nSPS) is 16.2. The minimum absolute atomic E-state index is 0.0411. The molecule has 1 aliphatic heterocycles. The summed E-state index contributed by atoms with van der Waals surface area (Å²) in [7, 11) is -24.7. The maximum absolute atomic E-state index is 13.7. The minimum atomic E-state index is -5.24. The zero-order chi connectivity index (χ0) is 69.5. The molecule has 0 saturated heterocycles. The van der Waals surface area contributed by atoms with Crippen LogP contribution in [0.15, 0.2) is 94.4 Å². The van der Waals surface area contributed by atoms with Gasteiger partial charge in [-0.25, -0.2) is 0 Å². The van der Waals surface area contributed by atoms with Gasteiger partial charge in [0.25, 0.3) is 50.6 Å². The number of carboxylic acids is 1. The standard InChI is InChI=1S/C59H88N6O22S5/c1-7-8-9-16-25-52(66)60-33-20-13-21-34-61-55(70)47(38-88(73,74)75)63-57(72)49(40-90(79,80)81)64-56(71)48(39-89(76,77)78)62-53(67)26-17-11-19-32-59(6)46-37-44(92(85,86)87)30-31-50(46)65(35-22-12-18-27-54(68)69)51(59)24-15-10-14-23-42(3)58(4,5)45-36-43(91(82,83)84)29-28-41(45)2/h10,14-15,23-24,28-31,36-37,47-49H,3,7-9,11-13,16-22,25-27,32-35,38-40H2,1-2,4-6H3,(H,60,66)(H,61,70)(H,62,67)(H,63,72)(H,64,71)(H,68,69)(H,73,74,75)(H,76,77,78)(H,79,80,81)(H,82,83,84)(H,85,86,87)/b15-10+,23-14+,51-24-. The molecular weight excluding hydrogens is 1310 g/mol. The molecule has 4 unspecified atom stereocenters. The van der Waals surface area contributed by atoms with E-state index in [0.717, 1.165) is 31.2 Å². The van der Waals surface area contributed by atoms with Gasteiger partial charge in [-0.3, -0.25) is 51.5 Å². The lowest BCUT2D eigenvalue weighted by molar-refractivity contribution is -0.137. The summed E-state index contributed by atoms with van der Waals surface area (Å²) < 4.78 is 170. The van der Waals surface area contributed by atoms with Crippen molar-refractivity contribution in [3.63, 3.8) is 0 Å². The maximum atomic E-state index is 13.7. The van der Waals surface area contributed by atoms with Crippen LogP contribution in [0.5, 0.6) is 0 Å². The third-order valence-corrected chi connectivity index (χ3v) is 19.4. The minimum Gasteiger partial charge on any atom is -0.481 e. The summed E-state index contributed by atoms with van der Waals surface area (Å²) in [5, 5.41) is 20.2. The number of aliphatic carboxylic acids is 1. The number of benzene rings is 2. The average Bonchev–Trinajstić information content (AvgIpc) is 1.57. The number of carbonyl (C=O) groups excluding carboxylic acids is 5. The van der Waals surface area contributed by atoms with Crippen molar-refractivity contribution in [2.75, 3.05) is 41.8 Å². The Kier molecular flexibility index (Phi) is 31.0. The molecule has 1 aliphatic rings. The lowest BCUT2D eigenvalue weighted by Crippen LogP contribution is -2.60. The molecule has 2 aromatic carbocycles. The number of amides is 5. The monoisotopic (exact) mass is 1390 g/mol. The van der Waals surface area contributed by atoms with Crippen molar-refractivity contribution < 1.29 is 98.7 Å². The highest BCUT2D eigenvalue weighted by atomic mass is 32.2. The summed E-state index contributed by atoms with van der Waals surface area (Å²) in [4.78, 5) is 78.4. The molecule has 516 valence electrons. The fourth-order valence-corrected chi connectivity index (χ4v) is 13.3. The van der Waals surface area contributed by atoms with Gasteiger partial charge in [-0.05, 0) is 124 Å². The molecule has 2 aromatic rings. The molecule has 0 fully saturated rings. The number of aryl methyl sites for hydroxylation is 1. The summed E-state index contributed by atoms with van der Waals surface area (Å²) in [6.45, 7) is 14.1. The number of anilines is 1. The van der Waals surface area contributed by atoms with Crippen molar-refractivity contribution in [3.8, 4) is 0 Å². The quantitative estimate of drug-likeness (QED) is 0.0232. The van der Waals surface area contributed by atoms with E-state index in [2.05, 4.69) is 22.5 Å². The van der Waals surface area contributed by atoms with Crippen molar-refractivity contribution in [2.45, 2.75) is 183 Å². The number of carbonyl (C=O) groups is 6. The molecule has 1 heterocycles. The van der Waals surface area contributed by atoms with E-state index >= 15 is 0 Å². The van der Waals surface area contributed by atoms with Crippen LogP contribution in [0, 0.1) is 6.92 Å². The van der Waals surface area contributed by atoms with Crippen LogP contribution in [-0.4, -0.2) is 160 Å². The van der Waals surface area contributed by atoms with E-state index < -0.39 is 138 Å². The second kappa shape index (κ2) is 35.7. The second-order valence-electron chi connectivity index (χ2n) is 23.3. The zero-order valence-electron chi connectivity index (χ0n) is 52.3. The van der Waals surface area contributed by atoms with Gasteiger partial charge in [-0.15, -0.1) is 0 Å². The molecule has 0 bridgehead atoms. The summed E-state index contributed by atoms with van der Waals surface area (Å²) in [6.07, 6.45) is 15.7. The molecule has 33 heteroatoms. The molecule has 28 nitrogen and oxygen atoms in total. The fraction of sp³-hybridized carbons (Fsp3) is 0.559. The van der Waals surface area contributed by atoms with E-state index in [0.29, 0.717) is 92.5 Å². The molecule has 0 radical (unpaired) electrons. The van der Waals surface area contributed by atoms with Crippen molar-refractivity contribution in [2.24, 2.45) is 0 Å². The van der Waals surface area contributed by atoms with Gasteiger partial charge in [0.2, 0.25) is 29.5 Å². The SMILES string of the molecule is C=C(/C=C/C=C/C=C1\N(CCCCCC(=O)O)c2ccc(S(=O)(=O)O)cc2C1(C)CCCCCC(=O)NC(CS(=O)(=O)O)C(=O)NC(CS(=O)(=O)O)C(=O)NC(CS(=O)(=O)O)C(=O)NCCCCCNC(=O)CCCCCC)C(C)(C)c1cc(S(=O)(=O)O)ccc1C. The number of rotatable bonds is 42. The molecule has 0 aliphatic carbocycles. The second-order valence-corrected chi connectivity index (χ2v) is 30.6. The van der Waals surface area contributed by atoms with E-state index in [1.807, 2.05) is 43.2 Å². The van der Waals surface area contributed by atoms with Crippen LogP contribution in [0.3, 0.4) is 0 Å². The van der Waals surface area contributed by atoms with E-state index in [1.165, 1.54) is 30.3 Å². The number of unbranched alkanes of at least 4 members (excludes halogenated alkanes) is 9. The van der Waals surface area contributed by atoms with Crippen LogP contribution in [0.1, 0.15) is 154 Å². The molecular formula is C59H88N6O22S5. The molecule has 92 heavy (non-hydrogen) atoms. The lowest BCUT2D eigenvalue weighted by atomic mass is 9.76. The Morgan fingerprint density at radius 2 is 1.08 bits per heavy atom. The largest absolute Gasteiger partial charge is 0.481 e. The van der Waals surface area contributed by atoms with Crippen molar-refractivity contribution >= 4 is 91.8 Å². The molecule has 3 rings (SSSR count). The highest BCUT2D eigenvalue weighted by Crippen LogP contribution is 2.51. The Labute approximate surface area is 539 Å². The topological polar surface area (TPSA) is 458 Å². The Bertz CT molecular complexity index is 3650. The lowest BCUT2D eigenvalue weighted by Gasteiger charge is -2.30. The van der Waals surface area contributed by atoms with Crippen LogP contribution >= 0.6 is 0 Å². The number of allylic oxidation sites excluding steroid dienone is 7. The van der Waals surface area contributed by atoms with Crippen LogP contribution in [0.25, 0.3) is 0 Å². The fourth-order valence-electron chi connectivity index (χ4n) is 10.3. The zero-order valence-corrected chi connectivity index (χ0v) is 56.3. The predicted molar refractivity (Wildman–Crippen MR) is 343 cm³/mol. The number of nitrogens with zero attached hydrogens (tertiary/aromatic N) is 1. The van der Waals surface area contributed by atoms with Gasteiger partial charge in [0, 0.05) is 61.1 Å². The number of carboxylic acid groups (broad SMARTS) is 1. The number of nitrogens with one attached hydrogen (secondary N) is 5. The van der Waals surface area contributed by atoms with E-state index in [1.54, 1.807) is 43.4 Å². The third-order valence-electron chi connectivity index (χ3n) is 15.4. The molecule has 11 N–H and O–H groups in total. The number of fused-ring (bicyclic) bond motifs is 1. The Morgan fingerprint density at radius 3 is 1.63 bits per heavy atom. The smallest absolute Gasteiger partial charge is 0.303 e. The van der Waals surface area contributed by atoms with Gasteiger partial charge in [-0.1, -0.05) is 96.2 Å². The molecule has 0 spiro atoms. The highest BCUT2D eigenvalue weighted by Gasteiger charge is 2.44. The van der Waals surface area contributed by atoms with Gasteiger partial charge in [0.05, 0.1) is 9.79 Å². The first-order chi connectivity index (χ1) is 42.6. The van der Waals surface area contributed by atoms with Crippen molar-refractivity contribution in [1.29, 1.82) is 0 Å². The van der Waals surface area contributed by atoms with Gasteiger partial charge < -0.3 is 36.6 Å². The Hall–Kier alpha value is -6.43.